The lowest BCUT2D eigenvalue weighted by Crippen LogP contribution is -2.35. The number of anilines is 1. The fourth-order valence-electron chi connectivity index (χ4n) is 4.29. The second-order valence-corrected chi connectivity index (χ2v) is 8.55. The van der Waals surface area contributed by atoms with Gasteiger partial charge in [0.1, 0.15) is 23.7 Å². The Morgan fingerprint density at radius 1 is 0.889 bits per heavy atom. The van der Waals surface area contributed by atoms with Crippen molar-refractivity contribution in [3.05, 3.63) is 119 Å². The first kappa shape index (κ1) is 23.1. The van der Waals surface area contributed by atoms with Gasteiger partial charge in [0.25, 0.3) is 11.8 Å². The number of nitrogens with one attached hydrogen (secondary N) is 1. The quantitative estimate of drug-likeness (QED) is 0.301. The Kier molecular flexibility index (Phi) is 6.12. The van der Waals surface area contributed by atoms with E-state index in [2.05, 4.69) is 9.99 Å². The summed E-state index contributed by atoms with van der Waals surface area (Å²) in [6.07, 6.45) is 1.63. The number of amides is 2. The van der Waals surface area contributed by atoms with Crippen molar-refractivity contribution in [1.82, 2.24) is 9.99 Å². The summed E-state index contributed by atoms with van der Waals surface area (Å²) in [7, 11) is 0. The largest absolute Gasteiger partial charge is 0.489 e. The zero-order valence-electron chi connectivity index (χ0n) is 19.9. The summed E-state index contributed by atoms with van der Waals surface area (Å²) in [5.41, 5.74) is 7.63. The van der Waals surface area contributed by atoms with Crippen LogP contribution in [-0.4, -0.2) is 16.4 Å². The molecule has 0 saturated carbocycles. The Balaban J connectivity index is 1.36. The van der Waals surface area contributed by atoms with E-state index in [9.17, 15) is 14.0 Å². The van der Waals surface area contributed by atoms with Gasteiger partial charge in [0.2, 0.25) is 0 Å². The van der Waals surface area contributed by atoms with E-state index in [1.165, 1.54) is 17.1 Å². The van der Waals surface area contributed by atoms with Gasteiger partial charge in [-0.2, -0.15) is 0 Å². The minimum atomic E-state index is -0.437. The summed E-state index contributed by atoms with van der Waals surface area (Å²) in [5.74, 6) is -0.452. The predicted octanol–water partition coefficient (Wildman–Crippen LogP) is 5.27. The Bertz CT molecular complexity index is 1470. The summed E-state index contributed by atoms with van der Waals surface area (Å²) >= 11 is 0. The van der Waals surface area contributed by atoms with Crippen LogP contribution in [0, 0.1) is 19.7 Å². The SMILES string of the molecule is Cc1cc(/C=C2/C(=O)NN(c3ccccc3)C2=O)c(C)n1-c1ccc(OCc2cccc(F)c2)cc1. The predicted molar refractivity (Wildman–Crippen MR) is 136 cm³/mol. The van der Waals surface area contributed by atoms with E-state index >= 15 is 0 Å². The Labute approximate surface area is 208 Å². The molecular weight excluding hydrogens is 457 g/mol. The van der Waals surface area contributed by atoms with E-state index in [1.807, 2.05) is 68.4 Å². The monoisotopic (exact) mass is 481 g/mol. The normalized spacial score (nSPS) is 14.4. The molecule has 0 radical (unpaired) electrons. The van der Waals surface area contributed by atoms with E-state index in [1.54, 1.807) is 24.3 Å². The first-order valence-corrected chi connectivity index (χ1v) is 11.5. The van der Waals surface area contributed by atoms with Gasteiger partial charge in [0.05, 0.1) is 5.69 Å². The van der Waals surface area contributed by atoms with Crippen LogP contribution in [0.5, 0.6) is 5.75 Å². The zero-order valence-corrected chi connectivity index (χ0v) is 19.9. The van der Waals surface area contributed by atoms with Gasteiger partial charge >= 0.3 is 0 Å². The molecule has 0 unspecified atom stereocenters. The summed E-state index contributed by atoms with van der Waals surface area (Å²) in [5, 5.41) is 1.26. The van der Waals surface area contributed by atoms with Gasteiger partial charge in [-0.05, 0) is 85.6 Å². The van der Waals surface area contributed by atoms with Crippen molar-refractivity contribution < 1.29 is 18.7 Å². The van der Waals surface area contributed by atoms with Crippen molar-refractivity contribution in [3.63, 3.8) is 0 Å². The number of hydrogen-bond donors (Lipinski definition) is 1. The van der Waals surface area contributed by atoms with E-state index in [-0.39, 0.29) is 18.0 Å². The first-order valence-electron chi connectivity index (χ1n) is 11.5. The van der Waals surface area contributed by atoms with E-state index < -0.39 is 11.8 Å². The third-order valence-corrected chi connectivity index (χ3v) is 6.07. The highest BCUT2D eigenvalue weighted by Gasteiger charge is 2.34. The summed E-state index contributed by atoms with van der Waals surface area (Å²) in [6, 6.07) is 24.8. The molecule has 6 nitrogen and oxygen atoms in total. The second-order valence-electron chi connectivity index (χ2n) is 8.55. The van der Waals surface area contributed by atoms with Crippen molar-refractivity contribution in [2.45, 2.75) is 20.5 Å². The van der Waals surface area contributed by atoms with Gasteiger partial charge in [-0.15, -0.1) is 0 Å². The molecule has 2 amide bonds. The highest BCUT2D eigenvalue weighted by molar-refractivity contribution is 6.31. The number of rotatable bonds is 6. The lowest BCUT2D eigenvalue weighted by atomic mass is 10.1. The first-order chi connectivity index (χ1) is 17.4. The van der Waals surface area contributed by atoms with Crippen LogP contribution < -0.4 is 15.2 Å². The molecular formula is C29H24FN3O3. The van der Waals surface area contributed by atoms with E-state index in [0.717, 1.165) is 28.2 Å². The molecule has 36 heavy (non-hydrogen) atoms. The number of benzene rings is 3. The molecule has 0 bridgehead atoms. The molecule has 0 atom stereocenters. The third-order valence-electron chi connectivity index (χ3n) is 6.07. The molecule has 0 aliphatic carbocycles. The second kappa shape index (κ2) is 9.54. The molecule has 1 saturated heterocycles. The van der Waals surface area contributed by atoms with Gasteiger partial charge in [-0.25, -0.2) is 9.40 Å². The van der Waals surface area contributed by atoms with Crippen molar-refractivity contribution in [1.29, 1.82) is 0 Å². The molecule has 1 aliphatic heterocycles. The Hall–Kier alpha value is -4.65. The van der Waals surface area contributed by atoms with Crippen molar-refractivity contribution in [2.24, 2.45) is 0 Å². The number of hydrogen-bond acceptors (Lipinski definition) is 3. The smallest absolute Gasteiger partial charge is 0.282 e. The van der Waals surface area contributed by atoms with Gasteiger partial charge in [-0.1, -0.05) is 30.3 Å². The summed E-state index contributed by atoms with van der Waals surface area (Å²) < 4.78 is 21.2. The molecule has 1 aromatic heterocycles. The van der Waals surface area contributed by atoms with Crippen LogP contribution in [0.25, 0.3) is 11.8 Å². The number of aryl methyl sites for hydroxylation is 1. The van der Waals surface area contributed by atoms with Crippen LogP contribution >= 0.6 is 0 Å². The number of carbonyl (C=O) groups excluding carboxylic acids is 2. The maximum absolute atomic E-state index is 13.4. The molecule has 4 aromatic rings. The maximum Gasteiger partial charge on any atom is 0.282 e. The average molecular weight is 482 g/mol. The van der Waals surface area contributed by atoms with Crippen molar-refractivity contribution >= 4 is 23.6 Å². The van der Waals surface area contributed by atoms with Crippen molar-refractivity contribution in [2.75, 3.05) is 5.01 Å². The number of ether oxygens (including phenoxy) is 1. The molecule has 2 heterocycles. The molecule has 1 N–H and O–H groups in total. The molecule has 7 heteroatoms. The lowest BCUT2D eigenvalue weighted by molar-refractivity contribution is -0.117. The lowest BCUT2D eigenvalue weighted by Gasteiger charge is -2.13. The third kappa shape index (κ3) is 4.51. The number of nitrogens with zero attached hydrogens (tertiary/aromatic N) is 2. The summed E-state index contributed by atoms with van der Waals surface area (Å²) in [6.45, 7) is 4.18. The molecule has 5 rings (SSSR count). The number of aromatic nitrogens is 1. The maximum atomic E-state index is 13.4. The van der Waals surface area contributed by atoms with Gasteiger partial charge in [0.15, 0.2) is 0 Å². The Morgan fingerprint density at radius 2 is 1.64 bits per heavy atom. The number of hydrazine groups is 1. The van der Waals surface area contributed by atoms with E-state index in [0.29, 0.717) is 11.4 Å². The molecule has 0 spiro atoms. The van der Waals surface area contributed by atoms with Crippen LogP contribution in [0.2, 0.25) is 0 Å². The Morgan fingerprint density at radius 3 is 2.36 bits per heavy atom. The minimum Gasteiger partial charge on any atom is -0.489 e. The number of carbonyl (C=O) groups is 2. The highest BCUT2D eigenvalue weighted by atomic mass is 19.1. The average Bonchev–Trinajstić information content (AvgIpc) is 3.33. The number of halogens is 1. The molecule has 3 aromatic carbocycles. The van der Waals surface area contributed by atoms with Gasteiger partial charge in [-0.3, -0.25) is 15.0 Å². The zero-order chi connectivity index (χ0) is 25.2. The van der Waals surface area contributed by atoms with Crippen LogP contribution in [-0.2, 0) is 16.2 Å². The van der Waals surface area contributed by atoms with Gasteiger partial charge < -0.3 is 9.30 Å². The van der Waals surface area contributed by atoms with Crippen molar-refractivity contribution in [3.8, 4) is 11.4 Å². The van der Waals surface area contributed by atoms with Crippen LogP contribution in [0.4, 0.5) is 10.1 Å². The minimum absolute atomic E-state index is 0.0835. The fourth-order valence-corrected chi connectivity index (χ4v) is 4.29. The fraction of sp³-hybridized carbons (Fsp3) is 0.103. The summed E-state index contributed by atoms with van der Waals surface area (Å²) in [4.78, 5) is 25.5. The van der Waals surface area contributed by atoms with Crippen LogP contribution in [0.15, 0.2) is 90.5 Å². The molecule has 1 aliphatic rings. The van der Waals surface area contributed by atoms with Gasteiger partial charge in [0, 0.05) is 17.1 Å². The topological polar surface area (TPSA) is 63.6 Å². The standard InChI is InChI=1S/C29H24FN3O3/c1-19-15-22(17-27-28(34)31-33(29(27)35)25-9-4-3-5-10-25)20(2)32(19)24-11-13-26(14-12-24)36-18-21-7-6-8-23(30)16-21/h3-17H,18H2,1-2H3,(H,31,34)/b27-17-. The molecule has 180 valence electrons. The highest BCUT2D eigenvalue weighted by Crippen LogP contribution is 2.27. The number of para-hydroxylation sites is 1. The van der Waals surface area contributed by atoms with Crippen LogP contribution in [0.3, 0.4) is 0 Å². The van der Waals surface area contributed by atoms with Crippen LogP contribution in [0.1, 0.15) is 22.5 Å². The molecule has 1 fully saturated rings. The van der Waals surface area contributed by atoms with E-state index in [4.69, 9.17) is 4.74 Å².